The summed E-state index contributed by atoms with van der Waals surface area (Å²) in [5.41, 5.74) is 1.47. The number of aryl methyl sites for hydroxylation is 1. The summed E-state index contributed by atoms with van der Waals surface area (Å²) in [6.07, 6.45) is 0. The average molecular weight is 1010 g/mol. The maximum absolute atomic E-state index is 14.9. The minimum Gasteiger partial charge on any atom is -0.377 e. The van der Waals surface area contributed by atoms with Gasteiger partial charge in [-0.3, -0.25) is 14.4 Å². The third-order valence-corrected chi connectivity index (χ3v) is 8.91. The Morgan fingerprint density at radius 2 is 1.02 bits per heavy atom. The lowest BCUT2D eigenvalue weighted by Gasteiger charge is -2.15. The van der Waals surface area contributed by atoms with Crippen LogP contribution in [0.3, 0.4) is 0 Å². The zero-order valence-corrected chi connectivity index (χ0v) is 34.3. The zero-order valence-electron chi connectivity index (χ0n) is 30.0. The minimum atomic E-state index is -1.32. The van der Waals surface area contributed by atoms with Crippen LogP contribution in [0.4, 0.5) is 44.7 Å². The van der Waals surface area contributed by atoms with Crippen molar-refractivity contribution in [3.63, 3.8) is 0 Å². The molecule has 0 saturated carbocycles. The molecule has 4 rings (SSSR count). The van der Waals surface area contributed by atoms with Crippen LogP contribution in [0, 0.1) is 43.2 Å². The van der Waals surface area contributed by atoms with E-state index >= 15 is 0 Å². The van der Waals surface area contributed by atoms with Gasteiger partial charge in [0.15, 0.2) is 17.4 Å². The number of carbonyl (C=O) groups is 2. The van der Waals surface area contributed by atoms with Gasteiger partial charge in [0, 0.05) is 12.7 Å². The van der Waals surface area contributed by atoms with Crippen LogP contribution in [-0.2, 0) is 28.5 Å². The number of anilines is 4. The number of Topliss-reactive ketones (excluding diaryl/α,β-unsaturated/α-hetero) is 1. The molecule has 11 nitrogen and oxygen atoms in total. The number of hydrogen-bond acceptors (Lipinski definition) is 10. The van der Waals surface area contributed by atoms with Gasteiger partial charge in [-0.2, -0.15) is 0 Å². The first kappa shape index (κ1) is 45.2. The Kier molecular flexibility index (Phi) is 19.1. The summed E-state index contributed by atoms with van der Waals surface area (Å²) in [6, 6.07) is 13.3. The number of hydroxylamine groups is 1. The molecule has 0 aliphatic heterocycles. The van der Waals surface area contributed by atoms with Crippen molar-refractivity contribution in [3.8, 4) is 0 Å². The van der Waals surface area contributed by atoms with Crippen molar-refractivity contribution in [3.05, 3.63) is 114 Å². The Morgan fingerprint density at radius 1 is 0.554 bits per heavy atom. The highest BCUT2D eigenvalue weighted by Crippen LogP contribution is 2.30. The molecule has 0 atom stereocenters. The predicted octanol–water partition coefficient (Wildman–Crippen LogP) is 8.01. The van der Waals surface area contributed by atoms with Crippen LogP contribution < -0.4 is 16.1 Å². The molecule has 0 spiro atoms. The molecule has 0 radical (unpaired) electrons. The monoisotopic (exact) mass is 1010 g/mol. The fourth-order valence-electron chi connectivity index (χ4n) is 4.74. The van der Waals surface area contributed by atoms with Crippen LogP contribution in [-0.4, -0.2) is 84.4 Å². The zero-order chi connectivity index (χ0) is 40.5. The molecule has 0 aliphatic rings. The number of ether oxygens (including phenoxy) is 5. The second kappa shape index (κ2) is 23.7. The Morgan fingerprint density at radius 3 is 1.54 bits per heavy atom. The topological polar surface area (TPSA) is 126 Å². The number of ketones is 1. The standard InChI is InChI=1S/C38H38F5I2N3O8/c1-23-2-5-27(37(34(23)42)47-32-9-4-25(45)21-30(32)41)38(50)48-56-19-18-54-15-14-52-11-10-51-12-13-53-16-17-55-22-33(49)26-6-7-28(39)35(43)36(26)46-31-8-3-24(44)20-29(31)40/h2-9,20-21,46-47H,10-19,22H2,1H3,(H,48,50). The lowest BCUT2D eigenvalue weighted by Crippen LogP contribution is -2.27. The minimum absolute atomic E-state index is 0.00233. The van der Waals surface area contributed by atoms with E-state index in [4.69, 9.17) is 28.5 Å². The van der Waals surface area contributed by atoms with E-state index in [9.17, 15) is 31.5 Å². The first-order valence-electron chi connectivity index (χ1n) is 17.0. The van der Waals surface area contributed by atoms with Crippen LogP contribution >= 0.6 is 45.2 Å². The Bertz CT molecular complexity index is 1810. The smallest absolute Gasteiger partial charge is 0.277 e. The van der Waals surface area contributed by atoms with Crippen LogP contribution in [0.1, 0.15) is 26.3 Å². The number of halogens is 7. The van der Waals surface area contributed by atoms with Gasteiger partial charge in [0.25, 0.3) is 5.91 Å². The summed E-state index contributed by atoms with van der Waals surface area (Å²) in [7, 11) is 0. The summed E-state index contributed by atoms with van der Waals surface area (Å²) < 4.78 is 100. The van der Waals surface area contributed by atoms with Crippen LogP contribution in [0.5, 0.6) is 0 Å². The Balaban J connectivity index is 0.996. The molecule has 4 aromatic rings. The van der Waals surface area contributed by atoms with Crippen molar-refractivity contribution in [2.24, 2.45) is 0 Å². The summed E-state index contributed by atoms with van der Waals surface area (Å²) in [4.78, 5) is 30.6. The number of nitrogens with one attached hydrogen (secondary N) is 3. The lowest BCUT2D eigenvalue weighted by molar-refractivity contribution is -0.0256. The maximum atomic E-state index is 14.9. The van der Waals surface area contributed by atoms with E-state index in [0.29, 0.717) is 20.4 Å². The molecule has 0 heterocycles. The second-order valence-corrected chi connectivity index (χ2v) is 14.1. The average Bonchev–Trinajstić information content (AvgIpc) is 3.16. The molecule has 4 aromatic carbocycles. The summed E-state index contributed by atoms with van der Waals surface area (Å²) in [5, 5.41) is 5.15. The molecule has 0 aromatic heterocycles. The Labute approximate surface area is 347 Å². The highest BCUT2D eigenvalue weighted by molar-refractivity contribution is 14.1. The predicted molar refractivity (Wildman–Crippen MR) is 214 cm³/mol. The van der Waals surface area contributed by atoms with Crippen molar-refractivity contribution >= 4 is 79.6 Å². The third-order valence-electron chi connectivity index (χ3n) is 7.57. The third kappa shape index (κ3) is 14.1. The van der Waals surface area contributed by atoms with Crippen LogP contribution in [0.15, 0.2) is 60.7 Å². The number of rotatable bonds is 24. The molecular formula is C38H38F5I2N3O8. The largest absolute Gasteiger partial charge is 0.377 e. The molecular weight excluding hydrogens is 975 g/mol. The maximum Gasteiger partial charge on any atom is 0.277 e. The molecule has 0 fully saturated rings. The molecule has 0 aliphatic carbocycles. The van der Waals surface area contributed by atoms with E-state index in [1.807, 2.05) is 45.2 Å². The van der Waals surface area contributed by atoms with Crippen molar-refractivity contribution in [2.75, 3.05) is 83.3 Å². The molecule has 56 heavy (non-hydrogen) atoms. The van der Waals surface area contributed by atoms with E-state index in [1.54, 1.807) is 12.1 Å². The molecule has 18 heteroatoms. The van der Waals surface area contributed by atoms with Crippen LogP contribution in [0.25, 0.3) is 0 Å². The first-order valence-corrected chi connectivity index (χ1v) is 19.2. The van der Waals surface area contributed by atoms with Gasteiger partial charge in [-0.05, 0) is 112 Å². The van der Waals surface area contributed by atoms with E-state index in [2.05, 4.69) is 16.1 Å². The Hall–Kier alpha value is -3.51. The van der Waals surface area contributed by atoms with Crippen LogP contribution in [0.2, 0.25) is 0 Å². The van der Waals surface area contributed by atoms with Gasteiger partial charge in [0.1, 0.15) is 24.1 Å². The number of benzene rings is 4. The van der Waals surface area contributed by atoms with Gasteiger partial charge in [-0.25, -0.2) is 27.4 Å². The number of hydrogen-bond donors (Lipinski definition) is 3. The van der Waals surface area contributed by atoms with Gasteiger partial charge in [0.2, 0.25) is 0 Å². The molecule has 302 valence electrons. The summed E-state index contributed by atoms with van der Waals surface area (Å²) in [6.45, 7) is 3.07. The van der Waals surface area contributed by atoms with Gasteiger partial charge >= 0.3 is 0 Å². The fourth-order valence-corrected chi connectivity index (χ4v) is 5.65. The lowest BCUT2D eigenvalue weighted by atomic mass is 10.1. The van der Waals surface area contributed by atoms with E-state index in [-0.39, 0.29) is 86.6 Å². The quantitative estimate of drug-likeness (QED) is 0.0209. The highest BCUT2D eigenvalue weighted by Gasteiger charge is 2.21. The number of amides is 1. The molecule has 1 amide bonds. The van der Waals surface area contributed by atoms with Crippen molar-refractivity contribution in [1.29, 1.82) is 0 Å². The normalized spacial score (nSPS) is 11.1. The van der Waals surface area contributed by atoms with Crippen molar-refractivity contribution < 1.29 is 60.1 Å². The molecule has 0 unspecified atom stereocenters. The molecule has 3 N–H and O–H groups in total. The summed E-state index contributed by atoms with van der Waals surface area (Å²) in [5.74, 6) is -5.85. The van der Waals surface area contributed by atoms with Crippen molar-refractivity contribution in [1.82, 2.24) is 5.48 Å². The number of carbonyl (C=O) groups excluding carboxylic acids is 2. The highest BCUT2D eigenvalue weighted by atomic mass is 127. The van der Waals surface area contributed by atoms with Gasteiger partial charge in [0.05, 0.1) is 94.4 Å². The van der Waals surface area contributed by atoms with Crippen molar-refractivity contribution in [2.45, 2.75) is 6.92 Å². The van der Waals surface area contributed by atoms with E-state index in [1.165, 1.54) is 43.3 Å². The summed E-state index contributed by atoms with van der Waals surface area (Å²) >= 11 is 3.86. The van der Waals surface area contributed by atoms with Gasteiger partial charge in [-0.1, -0.05) is 6.07 Å². The SMILES string of the molecule is Cc1ccc(C(=O)NOCCOCCOCCOCCOCCOCC(=O)c2ccc(F)c(F)c2Nc2ccc(I)cc2F)c(Nc2ccc(I)cc2F)c1F. The molecule has 0 bridgehead atoms. The molecule has 0 saturated heterocycles. The second-order valence-electron chi connectivity index (χ2n) is 11.6. The van der Waals surface area contributed by atoms with Gasteiger partial charge in [-0.15, -0.1) is 0 Å². The van der Waals surface area contributed by atoms with Gasteiger partial charge < -0.3 is 34.3 Å². The fraction of sp³-hybridized carbons (Fsp3) is 0.316. The first-order chi connectivity index (χ1) is 27.0. The van der Waals surface area contributed by atoms with E-state index in [0.717, 1.165) is 12.1 Å². The van der Waals surface area contributed by atoms with E-state index < -0.39 is 53.1 Å².